The van der Waals surface area contributed by atoms with Crippen molar-refractivity contribution in [2.24, 2.45) is 5.73 Å². The summed E-state index contributed by atoms with van der Waals surface area (Å²) in [6.45, 7) is 1.53. The van der Waals surface area contributed by atoms with Crippen molar-refractivity contribution in [3.8, 4) is 11.1 Å². The van der Waals surface area contributed by atoms with Gasteiger partial charge in [0.15, 0.2) is 0 Å². The van der Waals surface area contributed by atoms with Crippen LogP contribution in [0.2, 0.25) is 0 Å². The Morgan fingerprint density at radius 2 is 1.60 bits per heavy atom. The molecule has 6 heteroatoms. The van der Waals surface area contributed by atoms with Crippen LogP contribution in [0, 0.1) is 0 Å². The Hall–Kier alpha value is -2.70. The average molecular weight is 341 g/mol. The van der Waals surface area contributed by atoms with E-state index in [-0.39, 0.29) is 19.1 Å². The maximum absolute atomic E-state index is 12.2. The zero-order valence-electron chi connectivity index (χ0n) is 13.8. The molecule has 6 nitrogen and oxygen atoms in total. The van der Waals surface area contributed by atoms with Crippen molar-refractivity contribution in [2.75, 3.05) is 13.2 Å². The largest absolute Gasteiger partial charge is 0.478 e. The highest BCUT2D eigenvalue weighted by atomic mass is 16.6. The highest BCUT2D eigenvalue weighted by Gasteiger charge is 2.46. The van der Waals surface area contributed by atoms with Crippen molar-refractivity contribution >= 4 is 11.9 Å². The van der Waals surface area contributed by atoms with Gasteiger partial charge in [0, 0.05) is 12.5 Å². The van der Waals surface area contributed by atoms with Gasteiger partial charge in [0.05, 0.1) is 0 Å². The molecule has 1 atom stereocenters. The maximum Gasteiger partial charge on any atom is 0.366 e. The number of fused-ring (bicyclic) bond motifs is 3. The summed E-state index contributed by atoms with van der Waals surface area (Å²) < 4.78 is 10.2. The number of carbonyl (C=O) groups is 2. The van der Waals surface area contributed by atoms with Crippen LogP contribution in [0.4, 0.5) is 0 Å². The average Bonchev–Trinajstić information content (AvgIpc) is 2.93. The van der Waals surface area contributed by atoms with Crippen LogP contribution in [-0.2, 0) is 19.1 Å². The molecule has 0 saturated carbocycles. The first-order valence-electron chi connectivity index (χ1n) is 8.00. The van der Waals surface area contributed by atoms with Crippen LogP contribution in [-0.4, -0.2) is 36.0 Å². The third kappa shape index (κ3) is 2.90. The molecular formula is C19H19NO5. The highest BCUT2D eigenvalue weighted by Crippen LogP contribution is 2.44. The van der Waals surface area contributed by atoms with E-state index in [1.807, 2.05) is 48.5 Å². The quantitative estimate of drug-likeness (QED) is 0.474. The lowest BCUT2D eigenvalue weighted by atomic mass is 9.98. The standard InChI is InChI=1S/C19H19NO5/c1-2-25-19(20,17(21)22)18(23)24-11-16-14-9-5-3-7-12(14)13-8-4-6-10-15(13)16/h3-10,16H,2,11,20H2,1H3,(H,21,22). The topological polar surface area (TPSA) is 98.9 Å². The molecular weight excluding hydrogens is 322 g/mol. The Balaban J connectivity index is 1.84. The van der Waals surface area contributed by atoms with Crippen LogP contribution in [0.15, 0.2) is 48.5 Å². The molecule has 0 spiro atoms. The van der Waals surface area contributed by atoms with E-state index in [0.717, 1.165) is 22.3 Å². The number of hydrogen-bond acceptors (Lipinski definition) is 5. The van der Waals surface area contributed by atoms with Gasteiger partial charge in [-0.25, -0.2) is 9.59 Å². The molecule has 25 heavy (non-hydrogen) atoms. The molecule has 0 heterocycles. The zero-order chi connectivity index (χ0) is 18.0. The van der Waals surface area contributed by atoms with Crippen LogP contribution in [0.25, 0.3) is 11.1 Å². The molecule has 1 unspecified atom stereocenters. The number of carboxylic acid groups (broad SMARTS) is 1. The zero-order valence-corrected chi connectivity index (χ0v) is 13.8. The molecule has 0 saturated heterocycles. The predicted molar refractivity (Wildman–Crippen MR) is 90.9 cm³/mol. The molecule has 0 aromatic heterocycles. The summed E-state index contributed by atoms with van der Waals surface area (Å²) in [5.41, 5.74) is 7.31. The van der Waals surface area contributed by atoms with Gasteiger partial charge in [0.25, 0.3) is 0 Å². The molecule has 1 aliphatic rings. The molecule has 0 amide bonds. The maximum atomic E-state index is 12.2. The number of benzene rings is 2. The summed E-state index contributed by atoms with van der Waals surface area (Å²) in [5, 5.41) is 9.19. The van der Waals surface area contributed by atoms with Gasteiger partial charge < -0.3 is 14.6 Å². The number of ether oxygens (including phenoxy) is 2. The molecule has 130 valence electrons. The normalized spacial score (nSPS) is 15.1. The van der Waals surface area contributed by atoms with E-state index < -0.39 is 17.7 Å². The van der Waals surface area contributed by atoms with E-state index in [0.29, 0.717) is 0 Å². The van der Waals surface area contributed by atoms with Gasteiger partial charge in [0.1, 0.15) is 6.61 Å². The van der Waals surface area contributed by atoms with Crippen LogP contribution < -0.4 is 5.73 Å². The molecule has 3 rings (SSSR count). The molecule has 2 aromatic carbocycles. The fourth-order valence-corrected chi connectivity index (χ4v) is 3.14. The predicted octanol–water partition coefficient (Wildman–Crippen LogP) is 2.12. The Bertz CT molecular complexity index is 773. The minimum atomic E-state index is -2.49. The van der Waals surface area contributed by atoms with E-state index in [9.17, 15) is 14.7 Å². The third-order valence-electron chi connectivity index (χ3n) is 4.34. The Morgan fingerprint density at radius 1 is 1.08 bits per heavy atom. The second kappa shape index (κ2) is 6.66. The van der Waals surface area contributed by atoms with E-state index in [4.69, 9.17) is 15.2 Å². The van der Waals surface area contributed by atoms with Gasteiger partial charge in [-0.15, -0.1) is 0 Å². The van der Waals surface area contributed by atoms with Crippen LogP contribution in [0.3, 0.4) is 0 Å². The van der Waals surface area contributed by atoms with Crippen molar-refractivity contribution in [1.82, 2.24) is 0 Å². The van der Waals surface area contributed by atoms with Crippen LogP contribution >= 0.6 is 0 Å². The van der Waals surface area contributed by atoms with Gasteiger partial charge in [0.2, 0.25) is 0 Å². The summed E-state index contributed by atoms with van der Waals surface area (Å²) in [7, 11) is 0. The van der Waals surface area contributed by atoms with Crippen molar-refractivity contribution < 1.29 is 24.2 Å². The number of nitrogens with two attached hydrogens (primary N) is 1. The third-order valence-corrected chi connectivity index (χ3v) is 4.34. The molecule has 2 aromatic rings. The van der Waals surface area contributed by atoms with E-state index in [1.165, 1.54) is 0 Å². The monoisotopic (exact) mass is 341 g/mol. The molecule has 1 aliphatic carbocycles. The lowest BCUT2D eigenvalue weighted by Gasteiger charge is -2.23. The number of hydrogen-bond donors (Lipinski definition) is 2. The molecule has 0 fully saturated rings. The number of esters is 1. The van der Waals surface area contributed by atoms with Crippen LogP contribution in [0.5, 0.6) is 0 Å². The summed E-state index contributed by atoms with van der Waals surface area (Å²) in [6, 6.07) is 15.7. The van der Waals surface area contributed by atoms with Gasteiger partial charge in [-0.2, -0.15) is 0 Å². The van der Waals surface area contributed by atoms with E-state index in [2.05, 4.69) is 0 Å². The first-order valence-corrected chi connectivity index (χ1v) is 8.00. The number of carbonyl (C=O) groups excluding carboxylic acids is 1. The van der Waals surface area contributed by atoms with Crippen molar-refractivity contribution in [3.05, 3.63) is 59.7 Å². The van der Waals surface area contributed by atoms with Crippen molar-refractivity contribution in [1.29, 1.82) is 0 Å². The SMILES string of the molecule is CCOC(N)(C(=O)O)C(=O)OCC1c2ccccc2-c2ccccc21. The summed E-state index contributed by atoms with van der Waals surface area (Å²) in [4.78, 5) is 23.5. The lowest BCUT2D eigenvalue weighted by molar-refractivity contribution is -0.186. The number of carboxylic acids is 1. The lowest BCUT2D eigenvalue weighted by Crippen LogP contribution is -2.58. The Labute approximate surface area is 145 Å². The Morgan fingerprint density at radius 3 is 2.08 bits per heavy atom. The smallest absolute Gasteiger partial charge is 0.366 e. The molecule has 0 bridgehead atoms. The molecule has 0 radical (unpaired) electrons. The van der Waals surface area contributed by atoms with E-state index in [1.54, 1.807) is 6.92 Å². The number of aliphatic carboxylic acids is 1. The fraction of sp³-hybridized carbons (Fsp3) is 0.263. The second-order valence-corrected chi connectivity index (χ2v) is 5.80. The molecule has 3 N–H and O–H groups in total. The van der Waals surface area contributed by atoms with Gasteiger partial charge in [-0.05, 0) is 29.2 Å². The van der Waals surface area contributed by atoms with Crippen LogP contribution in [0.1, 0.15) is 24.0 Å². The van der Waals surface area contributed by atoms with Gasteiger partial charge in [-0.3, -0.25) is 5.73 Å². The Kier molecular flexibility index (Phi) is 4.57. The van der Waals surface area contributed by atoms with Crippen molar-refractivity contribution in [3.63, 3.8) is 0 Å². The fourth-order valence-electron chi connectivity index (χ4n) is 3.14. The van der Waals surface area contributed by atoms with E-state index >= 15 is 0 Å². The molecule has 0 aliphatic heterocycles. The highest BCUT2D eigenvalue weighted by molar-refractivity contribution is 6.02. The number of rotatable bonds is 6. The van der Waals surface area contributed by atoms with Gasteiger partial charge in [-0.1, -0.05) is 48.5 Å². The van der Waals surface area contributed by atoms with Crippen molar-refractivity contribution in [2.45, 2.75) is 18.6 Å². The first kappa shape index (κ1) is 17.1. The second-order valence-electron chi connectivity index (χ2n) is 5.80. The summed E-state index contributed by atoms with van der Waals surface area (Å²) in [6.07, 6.45) is 0. The summed E-state index contributed by atoms with van der Waals surface area (Å²) >= 11 is 0. The summed E-state index contributed by atoms with van der Waals surface area (Å²) in [5.74, 6) is -2.86. The van der Waals surface area contributed by atoms with Gasteiger partial charge >= 0.3 is 17.7 Å². The first-order chi connectivity index (χ1) is 12.0. The minimum Gasteiger partial charge on any atom is -0.478 e. The minimum absolute atomic E-state index is 0.00777.